The lowest BCUT2D eigenvalue weighted by Crippen LogP contribution is -2.05. The molecule has 0 radical (unpaired) electrons. The number of aliphatic imine (C=N–C) groups is 1. The number of fused-ring (bicyclic) bond motifs is 1. The quantitative estimate of drug-likeness (QED) is 0.507. The second kappa shape index (κ2) is 3.37. The molecule has 0 aliphatic carbocycles. The monoisotopic (exact) mass is 191 g/mol. The molecule has 72 valence electrons. The van der Waals surface area contributed by atoms with Crippen molar-refractivity contribution in [1.82, 2.24) is 0 Å². The Morgan fingerprint density at radius 3 is 3.00 bits per heavy atom. The van der Waals surface area contributed by atoms with Gasteiger partial charge in [-0.25, -0.2) is 4.99 Å². The van der Waals surface area contributed by atoms with Crippen LogP contribution in [0.3, 0.4) is 0 Å². The van der Waals surface area contributed by atoms with Crippen LogP contribution >= 0.6 is 0 Å². The minimum Gasteiger partial charge on any atom is -0.454 e. The maximum absolute atomic E-state index is 6.92. The van der Waals surface area contributed by atoms with E-state index >= 15 is 0 Å². The van der Waals surface area contributed by atoms with E-state index in [0.29, 0.717) is 5.75 Å². The van der Waals surface area contributed by atoms with Crippen LogP contribution < -0.4 is 15.2 Å². The van der Waals surface area contributed by atoms with Crippen molar-refractivity contribution < 1.29 is 9.47 Å². The van der Waals surface area contributed by atoms with Crippen molar-refractivity contribution >= 4 is 12.2 Å². The number of benzene rings is 1. The van der Waals surface area contributed by atoms with Crippen molar-refractivity contribution in [3.05, 3.63) is 23.8 Å². The molecule has 1 aliphatic heterocycles. The highest BCUT2D eigenvalue weighted by atomic mass is 16.7. The molecule has 1 aromatic rings. The van der Waals surface area contributed by atoms with E-state index in [9.17, 15) is 0 Å². The van der Waals surface area contributed by atoms with E-state index in [1.54, 1.807) is 12.1 Å². The third-order valence-electron chi connectivity index (χ3n) is 1.75. The molecule has 5 heteroatoms. The Kier molecular flexibility index (Phi) is 2.06. The predicted octanol–water partition coefficient (Wildman–Crippen LogP) is 0.728. The molecule has 1 aromatic carbocycles. The zero-order valence-electron chi connectivity index (χ0n) is 7.36. The molecule has 0 saturated heterocycles. The largest absolute Gasteiger partial charge is 0.454 e. The van der Waals surface area contributed by atoms with E-state index in [1.165, 1.54) is 6.21 Å². The molecule has 5 nitrogen and oxygen atoms in total. The van der Waals surface area contributed by atoms with Gasteiger partial charge in [0.1, 0.15) is 0 Å². The van der Waals surface area contributed by atoms with Gasteiger partial charge in [0.25, 0.3) is 0 Å². The van der Waals surface area contributed by atoms with Gasteiger partial charge in [0.05, 0.1) is 0 Å². The van der Waals surface area contributed by atoms with Crippen LogP contribution in [0.15, 0.2) is 23.2 Å². The van der Waals surface area contributed by atoms with Gasteiger partial charge in [0.15, 0.2) is 11.5 Å². The highest BCUT2D eigenvalue weighted by molar-refractivity contribution is 5.91. The molecule has 0 atom stereocenters. The van der Waals surface area contributed by atoms with Crippen molar-refractivity contribution in [2.24, 2.45) is 10.7 Å². The van der Waals surface area contributed by atoms with Crippen LogP contribution in [0.4, 0.5) is 0 Å². The van der Waals surface area contributed by atoms with Crippen LogP contribution in [0.1, 0.15) is 5.56 Å². The molecule has 0 amide bonds. The number of hydrogen-bond acceptors (Lipinski definition) is 3. The van der Waals surface area contributed by atoms with E-state index in [-0.39, 0.29) is 12.8 Å². The average Bonchev–Trinajstić information content (AvgIpc) is 2.61. The third kappa shape index (κ3) is 1.66. The summed E-state index contributed by atoms with van der Waals surface area (Å²) in [7, 11) is 0. The van der Waals surface area contributed by atoms with Gasteiger partial charge in [-0.05, 0) is 23.8 Å². The first-order chi connectivity index (χ1) is 6.75. The summed E-state index contributed by atoms with van der Waals surface area (Å²) >= 11 is 0. The molecule has 1 heterocycles. The van der Waals surface area contributed by atoms with Gasteiger partial charge in [0.2, 0.25) is 12.8 Å². The molecule has 0 spiro atoms. The normalized spacial score (nSPS) is 13.4. The summed E-state index contributed by atoms with van der Waals surface area (Å²) in [6.45, 7) is 0.253. The van der Waals surface area contributed by atoms with Crippen LogP contribution in [0, 0.1) is 5.41 Å². The van der Waals surface area contributed by atoms with E-state index in [1.807, 2.05) is 6.07 Å². The molecule has 0 bridgehead atoms. The molecule has 0 unspecified atom stereocenters. The second-order valence-corrected chi connectivity index (χ2v) is 2.76. The van der Waals surface area contributed by atoms with Crippen molar-refractivity contribution in [3.8, 4) is 11.5 Å². The second-order valence-electron chi connectivity index (χ2n) is 2.76. The molecular formula is C9H9N3O2. The molecular weight excluding hydrogens is 182 g/mol. The van der Waals surface area contributed by atoms with Crippen LogP contribution in [-0.4, -0.2) is 19.0 Å². The standard InChI is InChI=1S/C9H9N3O2/c10-9(11)12-4-6-1-2-7-8(3-6)14-5-13-7/h1-4H,5H2,(H3,10,11). The Morgan fingerprint density at radius 1 is 1.43 bits per heavy atom. The summed E-state index contributed by atoms with van der Waals surface area (Å²) in [5.41, 5.74) is 5.91. The van der Waals surface area contributed by atoms with Gasteiger partial charge < -0.3 is 15.2 Å². The summed E-state index contributed by atoms with van der Waals surface area (Å²) in [4.78, 5) is 3.66. The number of guanidine groups is 1. The highest BCUT2D eigenvalue weighted by Crippen LogP contribution is 2.31. The predicted molar refractivity (Wildman–Crippen MR) is 52.1 cm³/mol. The van der Waals surface area contributed by atoms with E-state index in [0.717, 1.165) is 11.3 Å². The smallest absolute Gasteiger partial charge is 0.231 e. The first kappa shape index (κ1) is 8.55. The minimum absolute atomic E-state index is 0.220. The number of nitrogens with zero attached hydrogens (tertiary/aromatic N) is 1. The fourth-order valence-electron chi connectivity index (χ4n) is 1.14. The highest BCUT2D eigenvalue weighted by Gasteiger charge is 2.12. The molecule has 1 aliphatic rings. The third-order valence-corrected chi connectivity index (χ3v) is 1.75. The van der Waals surface area contributed by atoms with Gasteiger partial charge >= 0.3 is 0 Å². The summed E-state index contributed by atoms with van der Waals surface area (Å²) in [6, 6.07) is 5.40. The first-order valence-electron chi connectivity index (χ1n) is 4.03. The maximum Gasteiger partial charge on any atom is 0.231 e. The van der Waals surface area contributed by atoms with Crippen LogP contribution in [0.5, 0.6) is 11.5 Å². The zero-order valence-corrected chi connectivity index (χ0v) is 7.36. The zero-order chi connectivity index (χ0) is 9.97. The Labute approximate surface area is 80.7 Å². The Hall–Kier alpha value is -2.04. The summed E-state index contributed by atoms with van der Waals surface area (Å²) in [5.74, 6) is 1.20. The van der Waals surface area contributed by atoms with Crippen molar-refractivity contribution in [2.45, 2.75) is 0 Å². The lowest BCUT2D eigenvalue weighted by molar-refractivity contribution is 0.174. The number of nitrogens with two attached hydrogens (primary N) is 1. The van der Waals surface area contributed by atoms with Crippen molar-refractivity contribution in [3.63, 3.8) is 0 Å². The Morgan fingerprint density at radius 2 is 2.21 bits per heavy atom. The Balaban J connectivity index is 2.25. The number of rotatable bonds is 1. The summed E-state index contributed by atoms with van der Waals surface area (Å²) in [6.07, 6.45) is 1.50. The SMILES string of the molecule is N=C(N)N=Cc1ccc2c(c1)OCO2. The summed E-state index contributed by atoms with van der Waals surface area (Å²) < 4.78 is 10.3. The average molecular weight is 191 g/mol. The fourth-order valence-corrected chi connectivity index (χ4v) is 1.14. The number of hydrogen-bond donors (Lipinski definition) is 2. The lowest BCUT2D eigenvalue weighted by Gasteiger charge is -1.96. The molecule has 14 heavy (non-hydrogen) atoms. The topological polar surface area (TPSA) is 80.7 Å². The van der Waals surface area contributed by atoms with Crippen molar-refractivity contribution in [1.29, 1.82) is 5.41 Å². The van der Waals surface area contributed by atoms with Gasteiger partial charge in [-0.2, -0.15) is 0 Å². The molecule has 0 saturated carbocycles. The number of ether oxygens (including phenoxy) is 2. The van der Waals surface area contributed by atoms with Gasteiger partial charge in [-0.3, -0.25) is 5.41 Å². The van der Waals surface area contributed by atoms with E-state index in [2.05, 4.69) is 4.99 Å². The van der Waals surface area contributed by atoms with E-state index < -0.39 is 0 Å². The van der Waals surface area contributed by atoms with E-state index in [4.69, 9.17) is 20.6 Å². The Bertz CT molecular complexity index is 401. The van der Waals surface area contributed by atoms with Crippen LogP contribution in [0.2, 0.25) is 0 Å². The fraction of sp³-hybridized carbons (Fsp3) is 0.111. The lowest BCUT2D eigenvalue weighted by atomic mass is 10.2. The van der Waals surface area contributed by atoms with Crippen LogP contribution in [0.25, 0.3) is 0 Å². The first-order valence-corrected chi connectivity index (χ1v) is 4.03. The van der Waals surface area contributed by atoms with Gasteiger partial charge in [-0.15, -0.1) is 0 Å². The molecule has 0 aromatic heterocycles. The molecule has 0 fully saturated rings. The molecule has 3 N–H and O–H groups in total. The number of nitrogens with one attached hydrogen (secondary N) is 1. The maximum atomic E-state index is 6.92. The van der Waals surface area contributed by atoms with Crippen LogP contribution in [-0.2, 0) is 0 Å². The van der Waals surface area contributed by atoms with Crippen molar-refractivity contribution in [2.75, 3.05) is 6.79 Å². The van der Waals surface area contributed by atoms with Gasteiger partial charge in [-0.1, -0.05) is 0 Å². The van der Waals surface area contributed by atoms with Gasteiger partial charge in [0, 0.05) is 6.21 Å². The molecule has 2 rings (SSSR count). The summed E-state index contributed by atoms with van der Waals surface area (Å²) in [5, 5.41) is 6.92. The minimum atomic E-state index is -0.220.